The van der Waals surface area contributed by atoms with Gasteiger partial charge in [-0.1, -0.05) is 218 Å². The maximum absolute atomic E-state index is 6.69. The summed E-state index contributed by atoms with van der Waals surface area (Å²) in [6, 6.07) is 91.2. The average Bonchev–Trinajstić information content (AvgIpc) is 3.96. The minimum Gasteiger partial charge on any atom is -0.455 e. The summed E-state index contributed by atoms with van der Waals surface area (Å²) in [6.07, 6.45) is 0. The second-order valence-electron chi connectivity index (χ2n) is 17.6. The van der Waals surface area contributed by atoms with E-state index in [0.717, 1.165) is 77.8 Å². The van der Waals surface area contributed by atoms with Gasteiger partial charge in [0.2, 0.25) is 0 Å². The molecule has 0 saturated heterocycles. The number of para-hydroxylation sites is 2. The summed E-state index contributed by atoms with van der Waals surface area (Å²) in [5, 5.41) is 2.19. The fourth-order valence-corrected chi connectivity index (χ4v) is 10.7. The second-order valence-corrected chi connectivity index (χ2v) is 17.6. The molecule has 68 heavy (non-hydrogen) atoms. The standard InChI is InChI=1S/C65H42N2O/c1-5-20-43(21-6-1)45-24-17-25-46(38-45)47-39-48(52-32-18-33-54-53-30-14-16-37-61(53)68-63(52)54)41-49(40-47)59-42-60(67-64(66-59)44-22-7-2-8-23-44)56-34-19-36-58-62(56)55-31-13-15-35-57(55)65(58,50-26-9-3-10-27-50)51-28-11-4-12-29-51/h1-42H. The first kappa shape index (κ1) is 39.4. The zero-order chi connectivity index (χ0) is 45.0. The van der Waals surface area contributed by atoms with Crippen molar-refractivity contribution in [1.82, 2.24) is 9.97 Å². The Hall–Kier alpha value is -8.92. The van der Waals surface area contributed by atoms with E-state index >= 15 is 0 Å². The zero-order valence-corrected chi connectivity index (χ0v) is 37.1. The van der Waals surface area contributed by atoms with Crippen LogP contribution in [0, 0.1) is 0 Å². The Morgan fingerprint density at radius 2 is 0.809 bits per heavy atom. The van der Waals surface area contributed by atoms with Crippen LogP contribution in [0.4, 0.5) is 0 Å². The lowest BCUT2D eigenvalue weighted by Crippen LogP contribution is -2.28. The van der Waals surface area contributed by atoms with E-state index in [9.17, 15) is 0 Å². The first-order valence-corrected chi connectivity index (χ1v) is 23.2. The molecule has 0 unspecified atom stereocenters. The molecule has 0 saturated carbocycles. The van der Waals surface area contributed by atoms with Crippen molar-refractivity contribution < 1.29 is 4.42 Å². The summed E-state index contributed by atoms with van der Waals surface area (Å²) < 4.78 is 6.69. The van der Waals surface area contributed by atoms with Gasteiger partial charge in [0.1, 0.15) is 11.2 Å². The van der Waals surface area contributed by atoms with Gasteiger partial charge in [0.15, 0.2) is 5.82 Å². The lowest BCUT2D eigenvalue weighted by atomic mass is 9.67. The first-order chi connectivity index (χ1) is 33.7. The van der Waals surface area contributed by atoms with Gasteiger partial charge in [0.25, 0.3) is 0 Å². The number of furan rings is 1. The molecule has 1 aliphatic rings. The molecule has 0 spiro atoms. The van der Waals surface area contributed by atoms with Gasteiger partial charge in [-0.05, 0) is 97.6 Å². The third kappa shape index (κ3) is 6.43. The number of fused-ring (bicyclic) bond motifs is 6. The fourth-order valence-electron chi connectivity index (χ4n) is 10.7. The molecule has 12 aromatic rings. The van der Waals surface area contributed by atoms with Crippen LogP contribution < -0.4 is 0 Å². The van der Waals surface area contributed by atoms with Crippen molar-refractivity contribution in [2.75, 3.05) is 0 Å². The Bertz CT molecular complexity index is 3800. The molecule has 0 radical (unpaired) electrons. The largest absolute Gasteiger partial charge is 0.455 e. The van der Waals surface area contributed by atoms with Crippen LogP contribution in [-0.4, -0.2) is 9.97 Å². The van der Waals surface area contributed by atoms with Gasteiger partial charge in [0.05, 0.1) is 16.8 Å². The minimum absolute atomic E-state index is 0.544. The van der Waals surface area contributed by atoms with Crippen molar-refractivity contribution in [2.24, 2.45) is 0 Å². The molecule has 0 bridgehead atoms. The monoisotopic (exact) mass is 866 g/mol. The predicted octanol–water partition coefficient (Wildman–Crippen LogP) is 16.7. The summed E-state index contributed by atoms with van der Waals surface area (Å²) in [4.78, 5) is 10.9. The van der Waals surface area contributed by atoms with Crippen LogP contribution in [0.25, 0.3) is 100 Å². The van der Waals surface area contributed by atoms with E-state index in [1.165, 1.54) is 38.9 Å². The Labute approximate surface area is 395 Å². The zero-order valence-electron chi connectivity index (χ0n) is 37.1. The van der Waals surface area contributed by atoms with Gasteiger partial charge in [-0.25, -0.2) is 9.97 Å². The molecule has 10 aromatic carbocycles. The second kappa shape index (κ2) is 16.2. The Kier molecular flexibility index (Phi) is 9.40. The normalized spacial score (nSPS) is 12.5. The highest BCUT2D eigenvalue weighted by molar-refractivity contribution is 6.10. The molecule has 0 amide bonds. The van der Waals surface area contributed by atoms with Gasteiger partial charge in [-0.2, -0.15) is 0 Å². The van der Waals surface area contributed by atoms with Crippen molar-refractivity contribution in [3.8, 4) is 78.4 Å². The van der Waals surface area contributed by atoms with E-state index in [2.05, 4.69) is 237 Å². The molecule has 0 atom stereocenters. The van der Waals surface area contributed by atoms with Gasteiger partial charge >= 0.3 is 0 Å². The molecule has 318 valence electrons. The lowest BCUT2D eigenvalue weighted by Gasteiger charge is -2.33. The molecule has 1 aliphatic carbocycles. The van der Waals surface area contributed by atoms with Crippen molar-refractivity contribution in [2.45, 2.75) is 5.41 Å². The summed E-state index contributed by atoms with van der Waals surface area (Å²) in [5.74, 6) is 0.664. The van der Waals surface area contributed by atoms with Crippen LogP contribution in [0.15, 0.2) is 259 Å². The van der Waals surface area contributed by atoms with E-state index in [0.29, 0.717) is 5.82 Å². The smallest absolute Gasteiger partial charge is 0.160 e. The van der Waals surface area contributed by atoms with Gasteiger partial charge in [0, 0.05) is 33.0 Å². The maximum Gasteiger partial charge on any atom is 0.160 e. The number of rotatable bonds is 8. The molecular formula is C65H42N2O. The number of hydrogen-bond acceptors (Lipinski definition) is 3. The average molecular weight is 867 g/mol. The Morgan fingerprint density at radius 1 is 0.309 bits per heavy atom. The highest BCUT2D eigenvalue weighted by atomic mass is 16.3. The quantitative estimate of drug-likeness (QED) is 0.153. The number of benzene rings is 10. The van der Waals surface area contributed by atoms with Crippen molar-refractivity contribution >= 4 is 21.9 Å². The van der Waals surface area contributed by atoms with Gasteiger partial charge < -0.3 is 4.42 Å². The van der Waals surface area contributed by atoms with Crippen LogP contribution in [-0.2, 0) is 5.41 Å². The number of aromatic nitrogens is 2. The summed E-state index contributed by atoms with van der Waals surface area (Å²) in [7, 11) is 0. The highest BCUT2D eigenvalue weighted by Gasteiger charge is 2.46. The third-order valence-corrected chi connectivity index (χ3v) is 13.8. The SMILES string of the molecule is c1ccc(-c2cccc(-c3cc(-c4cc(-c5cccc6c5-c5ccccc5C6(c5ccccc5)c5ccccc5)nc(-c5ccccc5)n4)cc(-c4cccc5c4oc4ccccc45)c3)c2)cc1. The fraction of sp³-hybridized carbons (Fsp3) is 0.0154. The van der Waals surface area contributed by atoms with E-state index < -0.39 is 5.41 Å². The van der Waals surface area contributed by atoms with Crippen LogP contribution >= 0.6 is 0 Å². The van der Waals surface area contributed by atoms with Crippen molar-refractivity contribution in [3.63, 3.8) is 0 Å². The number of hydrogen-bond donors (Lipinski definition) is 0. The van der Waals surface area contributed by atoms with Crippen molar-refractivity contribution in [3.05, 3.63) is 277 Å². The summed E-state index contributed by atoms with van der Waals surface area (Å²) in [5.41, 5.74) is 19.8. The van der Waals surface area contributed by atoms with E-state index in [4.69, 9.17) is 14.4 Å². The molecule has 3 nitrogen and oxygen atoms in total. The minimum atomic E-state index is -0.544. The van der Waals surface area contributed by atoms with E-state index in [-0.39, 0.29) is 0 Å². The third-order valence-electron chi connectivity index (χ3n) is 13.8. The number of nitrogens with zero attached hydrogens (tertiary/aromatic N) is 2. The Balaban J connectivity index is 1.07. The van der Waals surface area contributed by atoms with Crippen molar-refractivity contribution in [1.29, 1.82) is 0 Å². The lowest BCUT2D eigenvalue weighted by molar-refractivity contribution is 0.670. The molecule has 2 heterocycles. The molecular weight excluding hydrogens is 825 g/mol. The van der Waals surface area contributed by atoms with E-state index in [1.54, 1.807) is 0 Å². The van der Waals surface area contributed by atoms with Crippen LogP contribution in [0.1, 0.15) is 22.3 Å². The van der Waals surface area contributed by atoms with E-state index in [1.807, 2.05) is 18.2 Å². The molecule has 13 rings (SSSR count). The van der Waals surface area contributed by atoms with Crippen LogP contribution in [0.2, 0.25) is 0 Å². The van der Waals surface area contributed by atoms with Crippen LogP contribution in [0.5, 0.6) is 0 Å². The molecule has 0 N–H and O–H groups in total. The summed E-state index contributed by atoms with van der Waals surface area (Å²) in [6.45, 7) is 0. The molecule has 0 aliphatic heterocycles. The summed E-state index contributed by atoms with van der Waals surface area (Å²) >= 11 is 0. The maximum atomic E-state index is 6.69. The van der Waals surface area contributed by atoms with Gasteiger partial charge in [-0.3, -0.25) is 0 Å². The topological polar surface area (TPSA) is 38.9 Å². The Morgan fingerprint density at radius 3 is 1.57 bits per heavy atom. The molecule has 0 fully saturated rings. The predicted molar refractivity (Wildman–Crippen MR) is 279 cm³/mol. The first-order valence-electron chi connectivity index (χ1n) is 23.2. The molecule has 3 heteroatoms. The van der Waals surface area contributed by atoms with Crippen LogP contribution in [0.3, 0.4) is 0 Å². The van der Waals surface area contributed by atoms with Gasteiger partial charge in [-0.15, -0.1) is 0 Å². The highest BCUT2D eigenvalue weighted by Crippen LogP contribution is 2.58. The molecule has 2 aromatic heterocycles.